The first-order chi connectivity index (χ1) is 12.8. The van der Waals surface area contributed by atoms with Gasteiger partial charge in [-0.3, -0.25) is 0 Å². The van der Waals surface area contributed by atoms with Crippen LogP contribution in [0.15, 0.2) is 36.4 Å². The molecule has 1 N–H and O–H groups in total. The van der Waals surface area contributed by atoms with Gasteiger partial charge in [0.1, 0.15) is 11.9 Å². The Morgan fingerprint density at radius 3 is 2.81 bits per heavy atom. The van der Waals surface area contributed by atoms with Crippen molar-refractivity contribution in [1.29, 1.82) is 5.26 Å². The van der Waals surface area contributed by atoms with Crippen LogP contribution in [0.5, 0.6) is 0 Å². The normalized spacial score (nSPS) is 19.7. The number of halogens is 1. The average Bonchev–Trinajstić information content (AvgIpc) is 2.62. The zero-order chi connectivity index (χ0) is 17.9. The van der Waals surface area contributed by atoms with Crippen molar-refractivity contribution in [1.82, 2.24) is 5.32 Å². The van der Waals surface area contributed by atoms with E-state index in [1.807, 2.05) is 24.3 Å². The van der Waals surface area contributed by atoms with E-state index in [4.69, 9.17) is 10.00 Å². The molecule has 26 heavy (non-hydrogen) atoms. The fourth-order valence-electron chi connectivity index (χ4n) is 3.67. The second-order valence-electron chi connectivity index (χ2n) is 6.86. The Morgan fingerprint density at radius 1 is 1.27 bits per heavy atom. The molecular weight excluding hydrogens is 329 g/mol. The molecule has 1 unspecified atom stereocenters. The summed E-state index contributed by atoms with van der Waals surface area (Å²) in [5, 5.41) is 12.4. The van der Waals surface area contributed by atoms with E-state index in [0.717, 1.165) is 50.3 Å². The third-order valence-electron chi connectivity index (χ3n) is 5.14. The lowest BCUT2D eigenvalue weighted by Gasteiger charge is -2.37. The van der Waals surface area contributed by atoms with Gasteiger partial charge in [-0.15, -0.1) is 0 Å². The van der Waals surface area contributed by atoms with Gasteiger partial charge < -0.3 is 15.0 Å². The third kappa shape index (κ3) is 3.31. The molecule has 0 amide bonds. The fraction of sp³-hybridized carbons (Fsp3) is 0.381. The van der Waals surface area contributed by atoms with Gasteiger partial charge in [-0.2, -0.15) is 5.26 Å². The highest BCUT2D eigenvalue weighted by molar-refractivity contribution is 5.82. The Labute approximate surface area is 153 Å². The van der Waals surface area contributed by atoms with Gasteiger partial charge in [-0.1, -0.05) is 24.3 Å². The van der Waals surface area contributed by atoms with Crippen LogP contribution in [0.3, 0.4) is 0 Å². The maximum atomic E-state index is 14.2. The van der Waals surface area contributed by atoms with E-state index in [0.29, 0.717) is 0 Å². The smallest absolute Gasteiger partial charge is 0.141 e. The summed E-state index contributed by atoms with van der Waals surface area (Å²) >= 11 is 0. The molecule has 0 saturated carbocycles. The lowest BCUT2D eigenvalue weighted by atomic mass is 9.93. The molecule has 4 rings (SSSR count). The molecule has 134 valence electrons. The van der Waals surface area contributed by atoms with Gasteiger partial charge in [-0.25, -0.2) is 4.39 Å². The Kier molecular flexibility index (Phi) is 4.87. The Balaban J connectivity index is 1.73. The van der Waals surface area contributed by atoms with Crippen molar-refractivity contribution in [3.8, 4) is 17.2 Å². The van der Waals surface area contributed by atoms with Crippen molar-refractivity contribution >= 4 is 5.69 Å². The minimum absolute atomic E-state index is 0.0806. The molecule has 2 fully saturated rings. The highest BCUT2D eigenvalue weighted by Crippen LogP contribution is 2.37. The summed E-state index contributed by atoms with van der Waals surface area (Å²) in [6, 6.07) is 13.0. The Hall–Kier alpha value is -2.42. The van der Waals surface area contributed by atoms with Crippen LogP contribution in [0.25, 0.3) is 11.1 Å². The number of hydrogen-bond donors (Lipinski definition) is 1. The number of benzene rings is 2. The second kappa shape index (κ2) is 7.45. The number of rotatable bonds is 4. The molecule has 1 atom stereocenters. The van der Waals surface area contributed by atoms with Gasteiger partial charge in [0.15, 0.2) is 0 Å². The molecule has 2 aliphatic heterocycles. The van der Waals surface area contributed by atoms with E-state index in [1.165, 1.54) is 23.7 Å². The van der Waals surface area contributed by atoms with E-state index in [9.17, 15) is 4.39 Å². The predicted octanol–water partition coefficient (Wildman–Crippen LogP) is 3.11. The van der Waals surface area contributed by atoms with Crippen molar-refractivity contribution in [2.24, 2.45) is 0 Å². The van der Waals surface area contributed by atoms with Crippen molar-refractivity contribution in [2.75, 3.05) is 37.7 Å². The summed E-state index contributed by atoms with van der Waals surface area (Å²) in [4.78, 5) is 2.36. The first kappa shape index (κ1) is 17.0. The van der Waals surface area contributed by atoms with Crippen molar-refractivity contribution in [3.05, 3.63) is 53.3 Å². The molecule has 5 heteroatoms. The summed E-state index contributed by atoms with van der Waals surface area (Å²) < 4.78 is 20.1. The second-order valence-corrected chi connectivity index (χ2v) is 6.86. The molecule has 0 aliphatic carbocycles. The van der Waals surface area contributed by atoms with E-state index in [-0.39, 0.29) is 11.7 Å². The number of para-hydroxylation sites is 1. The molecule has 2 aliphatic rings. The standard InChI is InChI=1S/C21H22FN3O/c22-20-12-15(5-6-17(20)13-23)19-4-1-3-16(21(19)25-8-2-9-25)11-18-14-24-7-10-26-18/h1,3-6,12,18,24H,2,7-11,14H2. The van der Waals surface area contributed by atoms with Crippen LogP contribution in [-0.2, 0) is 11.2 Å². The molecule has 0 bridgehead atoms. The van der Waals surface area contributed by atoms with Gasteiger partial charge >= 0.3 is 0 Å². The van der Waals surface area contributed by atoms with E-state index in [2.05, 4.69) is 16.3 Å². The molecule has 2 aromatic carbocycles. The fourth-order valence-corrected chi connectivity index (χ4v) is 3.67. The molecule has 2 aromatic rings. The first-order valence-electron chi connectivity index (χ1n) is 9.15. The Morgan fingerprint density at radius 2 is 2.15 bits per heavy atom. The number of ether oxygens (including phenoxy) is 1. The highest BCUT2D eigenvalue weighted by atomic mass is 19.1. The minimum atomic E-state index is -0.468. The summed E-state index contributed by atoms with van der Waals surface area (Å²) in [5.41, 5.74) is 4.33. The third-order valence-corrected chi connectivity index (χ3v) is 5.14. The van der Waals surface area contributed by atoms with E-state index >= 15 is 0 Å². The molecule has 0 spiro atoms. The van der Waals surface area contributed by atoms with Gasteiger partial charge in [0.2, 0.25) is 0 Å². The van der Waals surface area contributed by atoms with Gasteiger partial charge in [-0.05, 0) is 29.7 Å². The van der Waals surface area contributed by atoms with Crippen LogP contribution in [0.2, 0.25) is 0 Å². The molecule has 4 nitrogen and oxygen atoms in total. The van der Waals surface area contributed by atoms with Crippen molar-refractivity contribution in [2.45, 2.75) is 18.9 Å². The van der Waals surface area contributed by atoms with Gasteiger partial charge in [0.25, 0.3) is 0 Å². The summed E-state index contributed by atoms with van der Waals surface area (Å²) in [6.07, 6.45) is 2.18. The number of hydrogen-bond acceptors (Lipinski definition) is 4. The topological polar surface area (TPSA) is 48.3 Å². The number of anilines is 1. The minimum Gasteiger partial charge on any atom is -0.375 e. The van der Waals surface area contributed by atoms with Gasteiger partial charge in [0.05, 0.1) is 18.3 Å². The maximum absolute atomic E-state index is 14.2. The van der Waals surface area contributed by atoms with Crippen molar-refractivity contribution in [3.63, 3.8) is 0 Å². The lowest BCUT2D eigenvalue weighted by Crippen LogP contribution is -2.41. The van der Waals surface area contributed by atoms with Crippen LogP contribution in [-0.4, -0.2) is 38.9 Å². The zero-order valence-electron chi connectivity index (χ0n) is 14.7. The summed E-state index contributed by atoms with van der Waals surface area (Å²) in [6.45, 7) is 4.54. The summed E-state index contributed by atoms with van der Waals surface area (Å²) in [7, 11) is 0. The van der Waals surface area contributed by atoms with Crippen molar-refractivity contribution < 1.29 is 9.13 Å². The average molecular weight is 351 g/mol. The van der Waals surface area contributed by atoms with Crippen LogP contribution >= 0.6 is 0 Å². The van der Waals surface area contributed by atoms with E-state index in [1.54, 1.807) is 6.07 Å². The first-order valence-corrected chi connectivity index (χ1v) is 9.15. The van der Waals surface area contributed by atoms with Crippen LogP contribution in [0, 0.1) is 17.1 Å². The molecule has 2 saturated heterocycles. The van der Waals surface area contributed by atoms with Crippen LogP contribution in [0.4, 0.5) is 10.1 Å². The SMILES string of the molecule is N#Cc1ccc(-c2cccc(CC3CNCCO3)c2N2CCC2)cc1F. The van der Waals surface area contributed by atoms with Crippen LogP contribution < -0.4 is 10.2 Å². The number of morpholine rings is 1. The molecule has 2 heterocycles. The summed E-state index contributed by atoms with van der Waals surface area (Å²) in [5.74, 6) is -0.468. The van der Waals surface area contributed by atoms with Gasteiger partial charge in [0, 0.05) is 43.9 Å². The lowest BCUT2D eigenvalue weighted by molar-refractivity contribution is 0.0293. The highest BCUT2D eigenvalue weighted by Gasteiger charge is 2.24. The Bertz CT molecular complexity index is 836. The zero-order valence-corrected chi connectivity index (χ0v) is 14.7. The largest absolute Gasteiger partial charge is 0.375 e. The maximum Gasteiger partial charge on any atom is 0.141 e. The monoisotopic (exact) mass is 351 g/mol. The number of nitriles is 1. The molecular formula is C21H22FN3O. The number of nitrogens with zero attached hydrogens (tertiary/aromatic N) is 2. The predicted molar refractivity (Wildman–Crippen MR) is 99.7 cm³/mol. The quantitative estimate of drug-likeness (QED) is 0.920. The molecule has 0 radical (unpaired) electrons. The van der Waals surface area contributed by atoms with E-state index < -0.39 is 5.82 Å². The molecule has 0 aromatic heterocycles. The van der Waals surface area contributed by atoms with Crippen LogP contribution in [0.1, 0.15) is 17.5 Å². The number of nitrogens with one attached hydrogen (secondary N) is 1.